The van der Waals surface area contributed by atoms with Crippen molar-refractivity contribution in [2.45, 2.75) is 71.4 Å². The number of amides is 1. The number of nitrogens with two attached hydrogens (primary N) is 1. The van der Waals surface area contributed by atoms with Crippen molar-refractivity contribution >= 4 is 5.91 Å². The van der Waals surface area contributed by atoms with Crippen LogP contribution in [0, 0.1) is 5.92 Å². The molecule has 0 bridgehead atoms. The lowest BCUT2D eigenvalue weighted by molar-refractivity contribution is -0.126. The summed E-state index contributed by atoms with van der Waals surface area (Å²) < 4.78 is 11.6. The van der Waals surface area contributed by atoms with Gasteiger partial charge in [0.2, 0.25) is 5.91 Å². The Morgan fingerprint density at radius 1 is 1.19 bits per heavy atom. The van der Waals surface area contributed by atoms with E-state index in [0.29, 0.717) is 13.2 Å². The van der Waals surface area contributed by atoms with Crippen molar-refractivity contribution in [3.8, 4) is 11.5 Å². The fraction of sp³-hybridized carbons (Fsp3) is 0.667. The molecule has 3 atom stereocenters. The maximum atomic E-state index is 12.6. The number of benzene rings is 1. The Kier molecular flexibility index (Phi) is 8.23. The summed E-state index contributed by atoms with van der Waals surface area (Å²) >= 11 is 0. The molecule has 0 spiro atoms. The predicted octanol–water partition coefficient (Wildman–Crippen LogP) is 3.96. The number of hydrogen-bond donors (Lipinski definition) is 2. The van der Waals surface area contributed by atoms with Crippen LogP contribution in [0.2, 0.25) is 0 Å². The Morgan fingerprint density at radius 3 is 2.54 bits per heavy atom. The maximum absolute atomic E-state index is 12.6. The highest BCUT2D eigenvalue weighted by atomic mass is 16.5. The van der Waals surface area contributed by atoms with Gasteiger partial charge < -0.3 is 20.5 Å². The second kappa shape index (κ2) is 10.4. The number of nitrogens with one attached hydrogen (secondary N) is 1. The number of hydrogen-bond acceptors (Lipinski definition) is 4. The average molecular weight is 363 g/mol. The number of carbonyl (C=O) groups excluding carboxylic acids is 1. The lowest BCUT2D eigenvalue weighted by Crippen LogP contribution is -2.38. The van der Waals surface area contributed by atoms with Crippen molar-refractivity contribution in [2.75, 3.05) is 13.2 Å². The first-order valence-electron chi connectivity index (χ1n) is 10.0. The minimum Gasteiger partial charge on any atom is -0.490 e. The van der Waals surface area contributed by atoms with E-state index >= 15 is 0 Å². The van der Waals surface area contributed by atoms with Crippen LogP contribution in [0.1, 0.15) is 70.9 Å². The molecule has 5 heteroatoms. The Bertz CT molecular complexity index is 576. The molecule has 3 unspecified atom stereocenters. The van der Waals surface area contributed by atoms with E-state index in [1.165, 1.54) is 0 Å². The molecule has 1 amide bonds. The van der Waals surface area contributed by atoms with Crippen LogP contribution in [0.4, 0.5) is 0 Å². The molecule has 1 fully saturated rings. The second-order valence-corrected chi connectivity index (χ2v) is 7.26. The van der Waals surface area contributed by atoms with Crippen molar-refractivity contribution in [3.05, 3.63) is 23.8 Å². The van der Waals surface area contributed by atoms with Gasteiger partial charge in [-0.25, -0.2) is 0 Å². The highest BCUT2D eigenvalue weighted by Crippen LogP contribution is 2.31. The summed E-state index contributed by atoms with van der Waals surface area (Å²) in [6.45, 7) is 7.47. The highest BCUT2D eigenvalue weighted by molar-refractivity contribution is 5.79. The lowest BCUT2D eigenvalue weighted by Gasteiger charge is -2.27. The molecular formula is C21H34N2O3. The Balaban J connectivity index is 2.04. The standard InChI is InChI=1S/C21H34N2O3/c1-4-11-25-19-10-9-16(14-20(19)26-12-5-2)15(3)23-21(24)17-7-6-8-18(22)13-17/h9-10,14-15,17-18H,4-8,11-13,22H2,1-3H3,(H,23,24). The molecule has 1 aliphatic carbocycles. The van der Waals surface area contributed by atoms with Gasteiger partial charge in [0.1, 0.15) is 0 Å². The first kappa shape index (κ1) is 20.6. The molecule has 0 saturated heterocycles. The van der Waals surface area contributed by atoms with Gasteiger partial charge in [-0.3, -0.25) is 4.79 Å². The van der Waals surface area contributed by atoms with Crippen LogP contribution in [0.5, 0.6) is 11.5 Å². The zero-order valence-corrected chi connectivity index (χ0v) is 16.4. The normalized spacial score (nSPS) is 21.1. The highest BCUT2D eigenvalue weighted by Gasteiger charge is 2.26. The van der Waals surface area contributed by atoms with Gasteiger partial charge in [-0.05, 0) is 56.7 Å². The summed E-state index contributed by atoms with van der Waals surface area (Å²) in [5.74, 6) is 1.65. The van der Waals surface area contributed by atoms with Gasteiger partial charge in [0.05, 0.1) is 19.3 Å². The number of carbonyl (C=O) groups is 1. The fourth-order valence-corrected chi connectivity index (χ4v) is 3.33. The SMILES string of the molecule is CCCOc1ccc(C(C)NC(=O)C2CCCC(N)C2)cc1OCCC. The number of ether oxygens (including phenoxy) is 2. The molecule has 0 aliphatic heterocycles. The number of rotatable bonds is 9. The first-order chi connectivity index (χ1) is 12.5. The molecular weight excluding hydrogens is 328 g/mol. The molecule has 1 aromatic rings. The van der Waals surface area contributed by atoms with Gasteiger partial charge in [-0.15, -0.1) is 0 Å². The van der Waals surface area contributed by atoms with E-state index in [1.54, 1.807) is 0 Å². The summed E-state index contributed by atoms with van der Waals surface area (Å²) in [7, 11) is 0. The van der Waals surface area contributed by atoms with Gasteiger partial charge in [-0.1, -0.05) is 26.3 Å². The summed E-state index contributed by atoms with van der Waals surface area (Å²) in [6, 6.07) is 6.00. The minimum absolute atomic E-state index is 0.0316. The van der Waals surface area contributed by atoms with Gasteiger partial charge in [-0.2, -0.15) is 0 Å². The van der Waals surface area contributed by atoms with E-state index in [-0.39, 0.29) is 23.9 Å². The molecule has 2 rings (SSSR count). The summed E-state index contributed by atoms with van der Waals surface area (Å²) in [4.78, 5) is 12.6. The van der Waals surface area contributed by atoms with Gasteiger partial charge >= 0.3 is 0 Å². The van der Waals surface area contributed by atoms with Gasteiger partial charge in [0.25, 0.3) is 0 Å². The quantitative estimate of drug-likeness (QED) is 0.697. The van der Waals surface area contributed by atoms with E-state index in [4.69, 9.17) is 15.2 Å². The zero-order valence-electron chi connectivity index (χ0n) is 16.4. The van der Waals surface area contributed by atoms with E-state index in [0.717, 1.165) is 55.6 Å². The van der Waals surface area contributed by atoms with Crippen LogP contribution in [0.3, 0.4) is 0 Å². The van der Waals surface area contributed by atoms with Crippen LogP contribution >= 0.6 is 0 Å². The van der Waals surface area contributed by atoms with Crippen LogP contribution in [0.15, 0.2) is 18.2 Å². The van der Waals surface area contributed by atoms with Crippen LogP contribution < -0.4 is 20.5 Å². The molecule has 1 aromatic carbocycles. The van der Waals surface area contributed by atoms with Crippen molar-refractivity contribution in [1.29, 1.82) is 0 Å². The Hall–Kier alpha value is -1.75. The van der Waals surface area contributed by atoms with Crippen LogP contribution in [0.25, 0.3) is 0 Å². The molecule has 1 saturated carbocycles. The maximum Gasteiger partial charge on any atom is 0.223 e. The molecule has 0 heterocycles. The third-order valence-electron chi connectivity index (χ3n) is 4.84. The molecule has 146 valence electrons. The molecule has 0 aromatic heterocycles. The third-order valence-corrected chi connectivity index (χ3v) is 4.84. The molecule has 5 nitrogen and oxygen atoms in total. The summed E-state index contributed by atoms with van der Waals surface area (Å²) in [5, 5.41) is 3.14. The minimum atomic E-state index is -0.0788. The Morgan fingerprint density at radius 2 is 1.88 bits per heavy atom. The van der Waals surface area contributed by atoms with Crippen molar-refractivity contribution in [1.82, 2.24) is 5.32 Å². The van der Waals surface area contributed by atoms with Crippen LogP contribution in [-0.4, -0.2) is 25.2 Å². The third kappa shape index (κ3) is 5.90. The Labute approximate surface area is 157 Å². The van der Waals surface area contributed by atoms with Gasteiger partial charge in [0.15, 0.2) is 11.5 Å². The topological polar surface area (TPSA) is 73.6 Å². The van der Waals surface area contributed by atoms with E-state index in [9.17, 15) is 4.79 Å². The second-order valence-electron chi connectivity index (χ2n) is 7.26. The van der Waals surface area contributed by atoms with E-state index in [1.807, 2.05) is 25.1 Å². The summed E-state index contributed by atoms with van der Waals surface area (Å²) in [6.07, 6.45) is 5.66. The van der Waals surface area contributed by atoms with E-state index < -0.39 is 0 Å². The monoisotopic (exact) mass is 362 g/mol. The van der Waals surface area contributed by atoms with Gasteiger partial charge in [0, 0.05) is 12.0 Å². The molecule has 3 N–H and O–H groups in total. The first-order valence-corrected chi connectivity index (χ1v) is 10.0. The van der Waals surface area contributed by atoms with E-state index in [2.05, 4.69) is 19.2 Å². The fourth-order valence-electron chi connectivity index (χ4n) is 3.33. The van der Waals surface area contributed by atoms with Crippen LogP contribution in [-0.2, 0) is 4.79 Å². The lowest BCUT2D eigenvalue weighted by atomic mass is 9.85. The van der Waals surface area contributed by atoms with Crippen molar-refractivity contribution < 1.29 is 14.3 Å². The summed E-state index contributed by atoms with van der Waals surface area (Å²) in [5.41, 5.74) is 7.04. The molecule has 0 radical (unpaired) electrons. The van der Waals surface area contributed by atoms with Crippen molar-refractivity contribution in [3.63, 3.8) is 0 Å². The van der Waals surface area contributed by atoms with Crippen molar-refractivity contribution in [2.24, 2.45) is 11.7 Å². The smallest absolute Gasteiger partial charge is 0.223 e. The molecule has 26 heavy (non-hydrogen) atoms. The average Bonchev–Trinajstić information content (AvgIpc) is 2.64. The predicted molar refractivity (Wildman–Crippen MR) is 105 cm³/mol. The largest absolute Gasteiger partial charge is 0.490 e. The molecule has 1 aliphatic rings. The zero-order chi connectivity index (χ0) is 18.9.